The summed E-state index contributed by atoms with van der Waals surface area (Å²) in [7, 11) is 0. The Morgan fingerprint density at radius 3 is 3.06 bits per heavy atom. The van der Waals surface area contributed by atoms with Crippen molar-refractivity contribution in [2.24, 2.45) is 0 Å². The van der Waals surface area contributed by atoms with Crippen LogP contribution in [0.3, 0.4) is 0 Å². The Bertz CT molecular complexity index is 528. The number of carbonyl (C=O) groups is 1. The predicted molar refractivity (Wildman–Crippen MR) is 71.8 cm³/mol. The molecule has 0 atom stereocenters. The fourth-order valence-electron chi connectivity index (χ4n) is 1.31. The van der Waals surface area contributed by atoms with E-state index in [4.69, 9.17) is 5.73 Å². The molecule has 0 aliphatic rings. The van der Waals surface area contributed by atoms with Crippen molar-refractivity contribution in [1.29, 1.82) is 0 Å². The van der Waals surface area contributed by atoms with Crippen molar-refractivity contribution in [1.82, 2.24) is 10.3 Å². The van der Waals surface area contributed by atoms with Crippen molar-refractivity contribution in [3.05, 3.63) is 44.8 Å². The smallest absolute Gasteiger partial charge is 0.252 e. The third-order valence-electron chi connectivity index (χ3n) is 2.12. The lowest BCUT2D eigenvalue weighted by atomic mass is 10.2. The van der Waals surface area contributed by atoms with Crippen LogP contribution in [0.4, 0.5) is 5.69 Å². The van der Waals surface area contributed by atoms with Gasteiger partial charge in [-0.25, -0.2) is 4.98 Å². The van der Waals surface area contributed by atoms with E-state index in [0.29, 0.717) is 17.8 Å². The lowest BCUT2D eigenvalue weighted by Gasteiger charge is -2.06. The van der Waals surface area contributed by atoms with E-state index >= 15 is 0 Å². The number of aromatic nitrogens is 1. The number of carbonyl (C=O) groups excluding carboxylic acids is 1. The first-order valence-corrected chi connectivity index (χ1v) is 6.55. The average Bonchev–Trinajstić information content (AvgIpc) is 2.82. The van der Waals surface area contributed by atoms with E-state index in [1.165, 1.54) is 11.3 Å². The number of halogens is 1. The van der Waals surface area contributed by atoms with E-state index < -0.39 is 0 Å². The second-order valence-electron chi connectivity index (χ2n) is 3.35. The van der Waals surface area contributed by atoms with Gasteiger partial charge < -0.3 is 11.1 Å². The number of amides is 1. The summed E-state index contributed by atoms with van der Waals surface area (Å²) in [6, 6.07) is 5.14. The number of thiazole rings is 1. The Kier molecular flexibility index (Phi) is 3.75. The first-order chi connectivity index (χ1) is 8.16. The van der Waals surface area contributed by atoms with Crippen LogP contribution in [0.25, 0.3) is 0 Å². The van der Waals surface area contributed by atoms with Crippen LogP contribution in [0.5, 0.6) is 0 Å². The van der Waals surface area contributed by atoms with Gasteiger partial charge in [-0.15, -0.1) is 11.3 Å². The standard InChI is InChI=1S/C11H10BrN3OS/c12-9-2-1-7(13)5-8(9)11(16)15-6-10-14-3-4-17-10/h1-5H,6,13H2,(H,15,16). The van der Waals surface area contributed by atoms with Crippen molar-refractivity contribution >= 4 is 38.9 Å². The normalized spacial score (nSPS) is 10.2. The second-order valence-corrected chi connectivity index (χ2v) is 5.18. The zero-order valence-electron chi connectivity index (χ0n) is 8.81. The highest BCUT2D eigenvalue weighted by atomic mass is 79.9. The van der Waals surface area contributed by atoms with Gasteiger partial charge in [-0.1, -0.05) is 0 Å². The number of benzene rings is 1. The molecule has 3 N–H and O–H groups in total. The molecule has 0 fully saturated rings. The van der Waals surface area contributed by atoms with Crippen LogP contribution in [-0.2, 0) is 6.54 Å². The van der Waals surface area contributed by atoms with E-state index in [1.54, 1.807) is 24.4 Å². The number of hydrogen-bond acceptors (Lipinski definition) is 4. The van der Waals surface area contributed by atoms with E-state index in [9.17, 15) is 4.79 Å². The summed E-state index contributed by atoms with van der Waals surface area (Å²) in [6.07, 6.45) is 1.71. The fraction of sp³-hybridized carbons (Fsp3) is 0.0909. The highest BCUT2D eigenvalue weighted by Crippen LogP contribution is 2.19. The summed E-state index contributed by atoms with van der Waals surface area (Å²) >= 11 is 4.83. The van der Waals surface area contributed by atoms with Gasteiger partial charge in [0.15, 0.2) is 0 Å². The quantitative estimate of drug-likeness (QED) is 0.855. The van der Waals surface area contributed by atoms with Gasteiger partial charge in [-0.3, -0.25) is 4.79 Å². The molecule has 0 aliphatic heterocycles. The van der Waals surface area contributed by atoms with Gasteiger partial charge in [0, 0.05) is 21.7 Å². The molecule has 88 valence electrons. The van der Waals surface area contributed by atoms with Crippen LogP contribution in [0.1, 0.15) is 15.4 Å². The van der Waals surface area contributed by atoms with Gasteiger partial charge in [0.25, 0.3) is 5.91 Å². The first-order valence-electron chi connectivity index (χ1n) is 4.88. The maximum atomic E-state index is 11.9. The topological polar surface area (TPSA) is 68.0 Å². The van der Waals surface area contributed by atoms with E-state index in [0.717, 1.165) is 9.48 Å². The van der Waals surface area contributed by atoms with Crippen LogP contribution < -0.4 is 11.1 Å². The van der Waals surface area contributed by atoms with Gasteiger partial charge >= 0.3 is 0 Å². The third-order valence-corrected chi connectivity index (χ3v) is 3.59. The Balaban J connectivity index is 2.07. The molecule has 0 saturated heterocycles. The average molecular weight is 312 g/mol. The monoisotopic (exact) mass is 311 g/mol. The Labute approximate surface area is 111 Å². The molecule has 0 aliphatic carbocycles. The Morgan fingerprint density at radius 1 is 1.53 bits per heavy atom. The number of nitrogens with two attached hydrogens (primary N) is 1. The summed E-state index contributed by atoms with van der Waals surface area (Å²) in [6.45, 7) is 0.428. The number of nitrogens with zero attached hydrogens (tertiary/aromatic N) is 1. The number of anilines is 1. The van der Waals surface area contributed by atoms with Crippen LogP contribution in [-0.4, -0.2) is 10.9 Å². The Hall–Kier alpha value is -1.40. The number of hydrogen-bond donors (Lipinski definition) is 2. The van der Waals surface area contributed by atoms with Gasteiger partial charge in [0.1, 0.15) is 5.01 Å². The van der Waals surface area contributed by atoms with Gasteiger partial charge in [-0.05, 0) is 34.1 Å². The zero-order chi connectivity index (χ0) is 12.3. The van der Waals surface area contributed by atoms with Crippen molar-refractivity contribution in [3.8, 4) is 0 Å². The summed E-state index contributed by atoms with van der Waals surface area (Å²) in [5.41, 5.74) is 6.74. The number of nitrogen functional groups attached to an aromatic ring is 1. The lowest BCUT2D eigenvalue weighted by Crippen LogP contribution is -2.23. The molecule has 4 nitrogen and oxygen atoms in total. The minimum atomic E-state index is -0.167. The molecule has 0 radical (unpaired) electrons. The summed E-state index contributed by atoms with van der Waals surface area (Å²) in [5.74, 6) is -0.167. The molecule has 0 bridgehead atoms. The van der Waals surface area contributed by atoms with Crippen LogP contribution in [0.2, 0.25) is 0 Å². The highest BCUT2D eigenvalue weighted by Gasteiger charge is 2.10. The third kappa shape index (κ3) is 3.04. The summed E-state index contributed by atoms with van der Waals surface area (Å²) in [5, 5.41) is 5.54. The molecule has 1 aromatic carbocycles. The molecule has 2 aromatic rings. The Morgan fingerprint density at radius 2 is 2.35 bits per heavy atom. The zero-order valence-corrected chi connectivity index (χ0v) is 11.2. The van der Waals surface area contributed by atoms with E-state index in [1.807, 2.05) is 5.38 Å². The van der Waals surface area contributed by atoms with Gasteiger partial charge in [-0.2, -0.15) is 0 Å². The minimum Gasteiger partial charge on any atom is -0.399 e. The second kappa shape index (κ2) is 5.29. The van der Waals surface area contributed by atoms with Crippen LogP contribution in [0, 0.1) is 0 Å². The lowest BCUT2D eigenvalue weighted by molar-refractivity contribution is 0.0950. The SMILES string of the molecule is Nc1ccc(Br)c(C(=O)NCc2nccs2)c1. The van der Waals surface area contributed by atoms with Crippen molar-refractivity contribution in [2.75, 3.05) is 5.73 Å². The summed E-state index contributed by atoms with van der Waals surface area (Å²) < 4.78 is 0.725. The van der Waals surface area contributed by atoms with Crippen molar-refractivity contribution < 1.29 is 4.79 Å². The van der Waals surface area contributed by atoms with Crippen LogP contribution >= 0.6 is 27.3 Å². The molecule has 1 amide bonds. The highest BCUT2D eigenvalue weighted by molar-refractivity contribution is 9.10. The fourth-order valence-corrected chi connectivity index (χ4v) is 2.29. The van der Waals surface area contributed by atoms with E-state index in [2.05, 4.69) is 26.2 Å². The molecular formula is C11H10BrN3OS. The number of nitrogens with one attached hydrogen (secondary N) is 1. The minimum absolute atomic E-state index is 0.167. The molecule has 6 heteroatoms. The molecule has 2 rings (SSSR count). The van der Waals surface area contributed by atoms with E-state index in [-0.39, 0.29) is 5.91 Å². The van der Waals surface area contributed by atoms with Crippen molar-refractivity contribution in [2.45, 2.75) is 6.54 Å². The molecule has 0 unspecified atom stereocenters. The molecule has 1 aromatic heterocycles. The first kappa shape index (κ1) is 12.1. The maximum Gasteiger partial charge on any atom is 0.252 e. The molecule has 0 spiro atoms. The van der Waals surface area contributed by atoms with Crippen molar-refractivity contribution in [3.63, 3.8) is 0 Å². The molecule has 1 heterocycles. The van der Waals surface area contributed by atoms with Gasteiger partial charge in [0.2, 0.25) is 0 Å². The largest absolute Gasteiger partial charge is 0.399 e. The molecular weight excluding hydrogens is 302 g/mol. The predicted octanol–water partition coefficient (Wildman–Crippen LogP) is 2.42. The van der Waals surface area contributed by atoms with Crippen LogP contribution in [0.15, 0.2) is 34.2 Å². The summed E-state index contributed by atoms with van der Waals surface area (Å²) in [4.78, 5) is 16.0. The maximum absolute atomic E-state index is 11.9. The van der Waals surface area contributed by atoms with Gasteiger partial charge in [0.05, 0.1) is 12.1 Å². The molecule has 17 heavy (non-hydrogen) atoms. The number of rotatable bonds is 3. The molecule has 0 saturated carbocycles.